The van der Waals surface area contributed by atoms with Gasteiger partial charge in [0.2, 0.25) is 0 Å². The molecule has 2 N–H and O–H groups in total. The largest absolute Gasteiger partial charge is 0.387 e. The minimum absolute atomic E-state index is 0.0377. The number of amidine groups is 1. The Morgan fingerprint density at radius 1 is 1.33 bits per heavy atom. The van der Waals surface area contributed by atoms with Crippen LogP contribution in [0.1, 0.15) is 19.4 Å². The molecule has 2 nitrogen and oxygen atoms in total. The molecule has 1 aromatic rings. The summed E-state index contributed by atoms with van der Waals surface area (Å²) < 4.78 is 26.7. The molecule has 0 saturated carbocycles. The van der Waals surface area contributed by atoms with Crippen molar-refractivity contribution in [3.05, 3.63) is 29.3 Å². The third-order valence-corrected chi connectivity index (χ3v) is 2.09. The predicted octanol–water partition coefficient (Wildman–Crippen LogP) is 2.92. The lowest BCUT2D eigenvalue weighted by Gasteiger charge is -2.06. The molecule has 0 bridgehead atoms. The number of rotatable bonds is 2. The summed E-state index contributed by atoms with van der Waals surface area (Å²) in [7, 11) is 0. The fourth-order valence-corrected chi connectivity index (χ4v) is 1.00. The van der Waals surface area contributed by atoms with Gasteiger partial charge in [0.1, 0.15) is 11.5 Å². The monoisotopic (exact) mass is 212 g/mol. The van der Waals surface area contributed by atoms with Crippen molar-refractivity contribution in [2.75, 3.05) is 0 Å². The van der Waals surface area contributed by atoms with Crippen molar-refractivity contribution in [3.8, 4) is 0 Å². The Hall–Kier alpha value is -1.45. The summed E-state index contributed by atoms with van der Waals surface area (Å²) in [5.41, 5.74) is 5.60. The molecule has 4 heteroatoms. The minimum Gasteiger partial charge on any atom is -0.387 e. The number of aryl methyl sites for hydroxylation is 1. The number of halogens is 2. The molecule has 0 aromatic heterocycles. The Labute approximate surface area is 87.8 Å². The first-order valence-electron chi connectivity index (χ1n) is 4.72. The maximum atomic E-state index is 13.5. The first kappa shape index (κ1) is 11.6. The van der Waals surface area contributed by atoms with Gasteiger partial charge in [0, 0.05) is 5.92 Å². The molecule has 0 radical (unpaired) electrons. The number of hydrogen-bond acceptors (Lipinski definition) is 1. The first-order valence-corrected chi connectivity index (χ1v) is 4.72. The molecule has 0 amide bonds. The van der Waals surface area contributed by atoms with Crippen LogP contribution in [0.4, 0.5) is 14.5 Å². The number of nitrogens with two attached hydrogens (primary N) is 1. The zero-order valence-electron chi connectivity index (χ0n) is 9.01. The average molecular weight is 212 g/mol. The van der Waals surface area contributed by atoms with Gasteiger partial charge in [0.25, 0.3) is 0 Å². The average Bonchev–Trinajstić information content (AvgIpc) is 2.18. The quantitative estimate of drug-likeness (QED) is 0.594. The molecule has 0 heterocycles. The molecule has 15 heavy (non-hydrogen) atoms. The van der Waals surface area contributed by atoms with E-state index in [0.717, 1.165) is 0 Å². The summed E-state index contributed by atoms with van der Waals surface area (Å²) in [6.45, 7) is 5.17. The maximum absolute atomic E-state index is 13.5. The van der Waals surface area contributed by atoms with Gasteiger partial charge < -0.3 is 5.73 Å². The summed E-state index contributed by atoms with van der Waals surface area (Å²) in [5.74, 6) is -1.16. The van der Waals surface area contributed by atoms with E-state index >= 15 is 0 Å². The predicted molar refractivity (Wildman–Crippen MR) is 57.2 cm³/mol. The fraction of sp³-hybridized carbons (Fsp3) is 0.364. The van der Waals surface area contributed by atoms with Crippen molar-refractivity contribution in [3.63, 3.8) is 0 Å². The lowest BCUT2D eigenvalue weighted by molar-refractivity contribution is 0.581. The molecule has 0 aliphatic heterocycles. The van der Waals surface area contributed by atoms with Gasteiger partial charge in [-0.1, -0.05) is 19.9 Å². The zero-order chi connectivity index (χ0) is 11.6. The summed E-state index contributed by atoms with van der Waals surface area (Å²) in [5, 5.41) is 0. The molecule has 1 aromatic carbocycles. The van der Waals surface area contributed by atoms with Crippen molar-refractivity contribution >= 4 is 11.5 Å². The second-order valence-electron chi connectivity index (χ2n) is 3.72. The maximum Gasteiger partial charge on any atom is 0.154 e. The normalized spacial score (nSPS) is 12.3. The van der Waals surface area contributed by atoms with Crippen LogP contribution >= 0.6 is 0 Å². The van der Waals surface area contributed by atoms with Gasteiger partial charge in [0.05, 0.1) is 0 Å². The summed E-state index contributed by atoms with van der Waals surface area (Å²) in [6, 6.07) is 2.56. The third-order valence-electron chi connectivity index (χ3n) is 2.09. The van der Waals surface area contributed by atoms with Gasteiger partial charge in [-0.05, 0) is 18.6 Å². The highest BCUT2D eigenvalue weighted by Gasteiger charge is 2.11. The van der Waals surface area contributed by atoms with Crippen molar-refractivity contribution in [1.82, 2.24) is 0 Å². The molecule has 0 unspecified atom stereocenters. The van der Waals surface area contributed by atoms with Crippen LogP contribution < -0.4 is 5.73 Å². The van der Waals surface area contributed by atoms with Crippen molar-refractivity contribution in [2.45, 2.75) is 20.8 Å². The Kier molecular flexibility index (Phi) is 3.39. The van der Waals surface area contributed by atoms with Crippen molar-refractivity contribution in [1.29, 1.82) is 0 Å². The highest BCUT2D eigenvalue weighted by molar-refractivity contribution is 5.84. The Balaban J connectivity index is 3.26. The number of nitrogens with zero attached hydrogens (tertiary/aromatic N) is 1. The van der Waals surface area contributed by atoms with Crippen LogP contribution in [0.3, 0.4) is 0 Å². The Morgan fingerprint density at radius 2 is 1.93 bits per heavy atom. The number of hydrogen-bond donors (Lipinski definition) is 1. The SMILES string of the molecule is Cc1ccc(F)c(N=C(N)C(C)C)c1F. The zero-order valence-corrected chi connectivity index (χ0v) is 9.01. The first-order chi connectivity index (χ1) is 6.93. The molecular weight excluding hydrogens is 198 g/mol. The van der Waals surface area contributed by atoms with Gasteiger partial charge in [-0.3, -0.25) is 0 Å². The number of benzene rings is 1. The van der Waals surface area contributed by atoms with Crippen LogP contribution in [0.25, 0.3) is 0 Å². The standard InChI is InChI=1S/C11H14F2N2/c1-6(2)11(14)15-10-8(12)5-4-7(3)9(10)13/h4-6H,1-3H3,(H2,14,15). The van der Waals surface area contributed by atoms with E-state index in [1.165, 1.54) is 12.1 Å². The van der Waals surface area contributed by atoms with Gasteiger partial charge in [-0.25, -0.2) is 13.8 Å². The van der Waals surface area contributed by atoms with Crippen LogP contribution in [0.15, 0.2) is 17.1 Å². The van der Waals surface area contributed by atoms with E-state index < -0.39 is 11.6 Å². The van der Waals surface area contributed by atoms with Crippen LogP contribution in [0.2, 0.25) is 0 Å². The van der Waals surface area contributed by atoms with Crippen molar-refractivity contribution < 1.29 is 8.78 Å². The molecule has 0 saturated heterocycles. The van der Waals surface area contributed by atoms with E-state index in [9.17, 15) is 8.78 Å². The van der Waals surface area contributed by atoms with Gasteiger partial charge in [0.15, 0.2) is 11.6 Å². The highest BCUT2D eigenvalue weighted by atomic mass is 19.1. The van der Waals surface area contributed by atoms with Gasteiger partial charge in [-0.15, -0.1) is 0 Å². The minimum atomic E-state index is -0.693. The summed E-state index contributed by atoms with van der Waals surface area (Å²) >= 11 is 0. The number of aliphatic imine (C=N–C) groups is 1. The lowest BCUT2D eigenvalue weighted by atomic mass is 10.2. The molecule has 0 spiro atoms. The lowest BCUT2D eigenvalue weighted by Crippen LogP contribution is -2.18. The van der Waals surface area contributed by atoms with Crippen LogP contribution in [0, 0.1) is 24.5 Å². The van der Waals surface area contributed by atoms with E-state index in [-0.39, 0.29) is 17.4 Å². The third kappa shape index (κ3) is 2.52. The topological polar surface area (TPSA) is 38.4 Å². The second kappa shape index (κ2) is 4.38. The smallest absolute Gasteiger partial charge is 0.154 e. The molecule has 82 valence electrons. The molecular formula is C11H14F2N2. The summed E-state index contributed by atoms with van der Waals surface area (Å²) in [4.78, 5) is 3.76. The highest BCUT2D eigenvalue weighted by Crippen LogP contribution is 2.24. The summed E-state index contributed by atoms with van der Waals surface area (Å²) in [6.07, 6.45) is 0. The van der Waals surface area contributed by atoms with E-state index in [1.807, 2.05) is 13.8 Å². The molecule has 0 fully saturated rings. The molecule has 0 aliphatic rings. The fourth-order valence-electron chi connectivity index (χ4n) is 1.00. The van der Waals surface area contributed by atoms with E-state index in [2.05, 4.69) is 4.99 Å². The Morgan fingerprint density at radius 3 is 2.47 bits per heavy atom. The van der Waals surface area contributed by atoms with E-state index in [4.69, 9.17) is 5.73 Å². The second-order valence-corrected chi connectivity index (χ2v) is 3.72. The van der Waals surface area contributed by atoms with E-state index in [1.54, 1.807) is 6.92 Å². The molecule has 1 rings (SSSR count). The van der Waals surface area contributed by atoms with Crippen LogP contribution in [-0.4, -0.2) is 5.84 Å². The molecule has 0 aliphatic carbocycles. The van der Waals surface area contributed by atoms with E-state index in [0.29, 0.717) is 5.56 Å². The van der Waals surface area contributed by atoms with Crippen LogP contribution in [-0.2, 0) is 0 Å². The van der Waals surface area contributed by atoms with Crippen molar-refractivity contribution in [2.24, 2.45) is 16.6 Å². The Bertz CT molecular complexity index is 398. The van der Waals surface area contributed by atoms with Gasteiger partial charge in [-0.2, -0.15) is 0 Å². The molecule has 0 atom stereocenters. The van der Waals surface area contributed by atoms with Crippen LogP contribution in [0.5, 0.6) is 0 Å². The van der Waals surface area contributed by atoms with Gasteiger partial charge >= 0.3 is 0 Å².